The molecule has 0 amide bonds. The van der Waals surface area contributed by atoms with Crippen molar-refractivity contribution in [2.24, 2.45) is 0 Å². The van der Waals surface area contributed by atoms with Crippen LogP contribution in [0.3, 0.4) is 0 Å². The molecular weight excluding hydrogens is 340 g/mol. The molecule has 2 aromatic rings. The van der Waals surface area contributed by atoms with Crippen LogP contribution in [0, 0.1) is 0 Å². The van der Waals surface area contributed by atoms with Crippen molar-refractivity contribution in [3.8, 4) is 11.5 Å². The second kappa shape index (κ2) is 7.86. The minimum Gasteiger partial charge on any atom is -0.455 e. The first kappa shape index (κ1) is 17.1. The van der Waals surface area contributed by atoms with Crippen molar-refractivity contribution in [2.45, 2.75) is 32.2 Å². The summed E-state index contributed by atoms with van der Waals surface area (Å²) in [5.41, 5.74) is 0.786. The van der Waals surface area contributed by atoms with Crippen molar-refractivity contribution in [2.75, 3.05) is 11.9 Å². The molecule has 1 unspecified atom stereocenters. The third kappa shape index (κ3) is 4.19. The molecule has 24 heavy (non-hydrogen) atoms. The summed E-state index contributed by atoms with van der Waals surface area (Å²) < 4.78 is 5.98. The second-order valence-corrected chi connectivity index (χ2v) is 6.85. The molecule has 3 nitrogen and oxygen atoms in total. The van der Waals surface area contributed by atoms with Crippen LogP contribution in [0.4, 0.5) is 5.69 Å². The molecule has 0 spiro atoms. The highest BCUT2D eigenvalue weighted by molar-refractivity contribution is 7.80. The predicted molar refractivity (Wildman–Crippen MR) is 104 cm³/mol. The van der Waals surface area contributed by atoms with Gasteiger partial charge in [0.1, 0.15) is 5.75 Å². The molecule has 0 aromatic heterocycles. The van der Waals surface area contributed by atoms with Crippen molar-refractivity contribution < 1.29 is 4.74 Å². The lowest BCUT2D eigenvalue weighted by molar-refractivity contribution is 0.262. The van der Waals surface area contributed by atoms with Crippen LogP contribution in [0.5, 0.6) is 11.5 Å². The molecule has 1 fully saturated rings. The first-order valence-electron chi connectivity index (χ1n) is 8.23. The fraction of sp³-hybridized carbons (Fsp3) is 0.316. The van der Waals surface area contributed by atoms with Gasteiger partial charge in [-0.3, -0.25) is 0 Å². The highest BCUT2D eigenvalue weighted by Gasteiger charge is 2.21. The van der Waals surface area contributed by atoms with Gasteiger partial charge in [0, 0.05) is 17.6 Å². The average molecular weight is 361 g/mol. The number of rotatable bonds is 3. The van der Waals surface area contributed by atoms with Gasteiger partial charge >= 0.3 is 0 Å². The molecule has 1 heterocycles. The number of halogens is 1. The van der Waals surface area contributed by atoms with Crippen molar-refractivity contribution >= 4 is 34.6 Å². The van der Waals surface area contributed by atoms with Crippen molar-refractivity contribution in [1.29, 1.82) is 0 Å². The van der Waals surface area contributed by atoms with Gasteiger partial charge in [0.05, 0.1) is 5.69 Å². The molecule has 1 aliphatic rings. The number of nitrogens with zero attached hydrogens (tertiary/aromatic N) is 1. The summed E-state index contributed by atoms with van der Waals surface area (Å²) >= 11 is 11.8. The summed E-state index contributed by atoms with van der Waals surface area (Å²) in [4.78, 5) is 2.24. The van der Waals surface area contributed by atoms with Crippen LogP contribution in [-0.2, 0) is 0 Å². The summed E-state index contributed by atoms with van der Waals surface area (Å²) in [6.07, 6.45) is 3.61. The maximum atomic E-state index is 6.17. The molecule has 126 valence electrons. The zero-order chi connectivity index (χ0) is 16.9. The Bertz CT molecular complexity index is 708. The highest BCUT2D eigenvalue weighted by atomic mass is 35.5. The number of hydrogen-bond acceptors (Lipinski definition) is 2. The SMILES string of the molecule is CC1CCCCN1C(=S)Nc1cc(Cl)ccc1Oc1ccccc1. The quantitative estimate of drug-likeness (QED) is 0.709. The van der Waals surface area contributed by atoms with Gasteiger partial charge in [0.2, 0.25) is 0 Å². The number of piperidine rings is 1. The Morgan fingerprint density at radius 3 is 2.75 bits per heavy atom. The van der Waals surface area contributed by atoms with Gasteiger partial charge in [0.15, 0.2) is 10.9 Å². The van der Waals surface area contributed by atoms with Gasteiger partial charge < -0.3 is 15.0 Å². The van der Waals surface area contributed by atoms with E-state index < -0.39 is 0 Å². The van der Waals surface area contributed by atoms with Crippen LogP contribution in [-0.4, -0.2) is 22.6 Å². The fourth-order valence-corrected chi connectivity index (χ4v) is 3.44. The van der Waals surface area contributed by atoms with Crippen molar-refractivity contribution in [1.82, 2.24) is 4.90 Å². The molecule has 5 heteroatoms. The first-order chi connectivity index (χ1) is 11.6. The third-order valence-corrected chi connectivity index (χ3v) is 4.79. The number of para-hydroxylation sites is 1. The smallest absolute Gasteiger partial charge is 0.173 e. The zero-order valence-corrected chi connectivity index (χ0v) is 15.2. The molecule has 3 rings (SSSR count). The van der Waals surface area contributed by atoms with Gasteiger partial charge in [0.25, 0.3) is 0 Å². The molecule has 1 atom stereocenters. The van der Waals surface area contributed by atoms with Gasteiger partial charge in [-0.05, 0) is 68.7 Å². The minimum absolute atomic E-state index is 0.455. The van der Waals surface area contributed by atoms with Crippen LogP contribution < -0.4 is 10.1 Å². The summed E-state index contributed by atoms with van der Waals surface area (Å²) in [7, 11) is 0. The van der Waals surface area contributed by atoms with Crippen molar-refractivity contribution in [3.05, 3.63) is 53.6 Å². The number of nitrogens with one attached hydrogen (secondary N) is 1. The van der Waals surface area contributed by atoms with E-state index >= 15 is 0 Å². The van der Waals surface area contributed by atoms with E-state index in [4.69, 9.17) is 28.6 Å². The second-order valence-electron chi connectivity index (χ2n) is 6.02. The summed E-state index contributed by atoms with van der Waals surface area (Å²) in [5.74, 6) is 1.48. The van der Waals surface area contributed by atoms with E-state index in [-0.39, 0.29) is 0 Å². The van der Waals surface area contributed by atoms with Gasteiger partial charge in [-0.25, -0.2) is 0 Å². The van der Waals surface area contributed by atoms with Gasteiger partial charge in [-0.2, -0.15) is 0 Å². The van der Waals surface area contributed by atoms with Gasteiger partial charge in [-0.15, -0.1) is 0 Å². The summed E-state index contributed by atoms with van der Waals surface area (Å²) in [6, 6.07) is 15.7. The van der Waals surface area contributed by atoms with E-state index in [1.807, 2.05) is 48.5 Å². The van der Waals surface area contributed by atoms with Crippen molar-refractivity contribution in [3.63, 3.8) is 0 Å². The van der Waals surface area contributed by atoms with Crippen LogP contribution >= 0.6 is 23.8 Å². The lowest BCUT2D eigenvalue weighted by atomic mass is 10.0. The van der Waals surface area contributed by atoms with E-state index in [1.165, 1.54) is 19.3 Å². The van der Waals surface area contributed by atoms with Crippen LogP contribution in [0.25, 0.3) is 0 Å². The molecule has 0 bridgehead atoms. The van der Waals surface area contributed by atoms with E-state index in [0.717, 1.165) is 23.1 Å². The number of anilines is 1. The maximum Gasteiger partial charge on any atom is 0.173 e. The summed E-state index contributed by atoms with van der Waals surface area (Å²) in [6.45, 7) is 3.20. The Balaban J connectivity index is 1.79. The lowest BCUT2D eigenvalue weighted by Gasteiger charge is -2.35. The number of hydrogen-bond donors (Lipinski definition) is 1. The highest BCUT2D eigenvalue weighted by Crippen LogP contribution is 2.32. The Morgan fingerprint density at radius 1 is 1.21 bits per heavy atom. The standard InChI is InChI=1S/C19H21ClN2OS/c1-14-7-5-6-12-22(14)19(24)21-17-13-15(20)10-11-18(17)23-16-8-3-2-4-9-16/h2-4,8-11,13-14H,5-7,12H2,1H3,(H,21,24). The van der Waals surface area contributed by atoms with E-state index in [9.17, 15) is 0 Å². The number of thiocarbonyl (C=S) groups is 1. The Labute approximate surface area is 153 Å². The van der Waals surface area contributed by atoms with E-state index in [0.29, 0.717) is 16.8 Å². The largest absolute Gasteiger partial charge is 0.455 e. The van der Waals surface area contributed by atoms with Gasteiger partial charge in [-0.1, -0.05) is 29.8 Å². The van der Waals surface area contributed by atoms with Crippen LogP contribution in [0.15, 0.2) is 48.5 Å². The molecule has 1 aliphatic heterocycles. The average Bonchev–Trinajstić information content (AvgIpc) is 2.58. The molecule has 0 radical (unpaired) electrons. The molecule has 1 N–H and O–H groups in total. The normalized spacial score (nSPS) is 17.4. The molecule has 0 saturated carbocycles. The minimum atomic E-state index is 0.455. The molecule has 1 saturated heterocycles. The first-order valence-corrected chi connectivity index (χ1v) is 9.02. The Morgan fingerprint density at radius 2 is 2.00 bits per heavy atom. The Kier molecular flexibility index (Phi) is 5.59. The monoisotopic (exact) mass is 360 g/mol. The Hall–Kier alpha value is -1.78. The van der Waals surface area contributed by atoms with E-state index in [1.54, 1.807) is 0 Å². The molecular formula is C19H21ClN2OS. The van der Waals surface area contributed by atoms with Crippen LogP contribution in [0.2, 0.25) is 5.02 Å². The lowest BCUT2D eigenvalue weighted by Crippen LogP contribution is -2.44. The predicted octanol–water partition coefficient (Wildman–Crippen LogP) is 5.70. The third-order valence-electron chi connectivity index (χ3n) is 4.22. The molecule has 0 aliphatic carbocycles. The summed E-state index contributed by atoms with van der Waals surface area (Å²) in [5, 5.41) is 4.69. The maximum absolute atomic E-state index is 6.17. The molecule has 2 aromatic carbocycles. The topological polar surface area (TPSA) is 24.5 Å². The zero-order valence-electron chi connectivity index (χ0n) is 13.7. The van der Waals surface area contributed by atoms with Crippen LogP contribution in [0.1, 0.15) is 26.2 Å². The fourth-order valence-electron chi connectivity index (χ4n) is 2.89. The number of likely N-dealkylation sites (tertiary alicyclic amines) is 1. The van der Waals surface area contributed by atoms with E-state index in [2.05, 4.69) is 17.1 Å². The number of benzene rings is 2. The number of ether oxygens (including phenoxy) is 1.